The van der Waals surface area contributed by atoms with Gasteiger partial charge < -0.3 is 5.11 Å². The highest BCUT2D eigenvalue weighted by molar-refractivity contribution is 5.75. The van der Waals surface area contributed by atoms with Gasteiger partial charge in [-0.3, -0.25) is 10.1 Å². The minimum Gasteiger partial charge on any atom is -0.464 e. The number of hydrogen-bond acceptors (Lipinski definition) is 4. The smallest absolute Gasteiger partial charge is 0.426 e. The van der Waals surface area contributed by atoms with Crippen molar-refractivity contribution >= 4 is 17.4 Å². The summed E-state index contributed by atoms with van der Waals surface area (Å²) in [6, 6.07) is 15.7. The van der Waals surface area contributed by atoms with Crippen molar-refractivity contribution in [3.05, 3.63) is 82.0 Å². The monoisotopic (exact) mass is 325 g/mol. The number of benzene rings is 2. The van der Waals surface area contributed by atoms with Gasteiger partial charge in [-0.2, -0.15) is 0 Å². The first-order chi connectivity index (χ1) is 11.5. The number of hydrazine groups is 1. The zero-order valence-electron chi connectivity index (χ0n) is 12.7. The van der Waals surface area contributed by atoms with Gasteiger partial charge in [0.15, 0.2) is 0 Å². The third-order valence-electron chi connectivity index (χ3n) is 3.76. The topological polar surface area (TPSA) is 86.9 Å². The summed E-state index contributed by atoms with van der Waals surface area (Å²) in [4.78, 5) is 21.9. The quantitative estimate of drug-likeness (QED) is 0.688. The van der Waals surface area contributed by atoms with Crippen LogP contribution in [0.5, 0.6) is 0 Å². The van der Waals surface area contributed by atoms with E-state index in [4.69, 9.17) is 0 Å². The number of carbonyl (C=O) groups is 1. The van der Waals surface area contributed by atoms with Gasteiger partial charge in [0.25, 0.3) is 5.69 Å². The van der Waals surface area contributed by atoms with E-state index in [1.54, 1.807) is 23.3 Å². The van der Waals surface area contributed by atoms with Gasteiger partial charge in [0.2, 0.25) is 0 Å². The molecular weight excluding hydrogens is 310 g/mol. The third kappa shape index (κ3) is 3.26. The lowest BCUT2D eigenvalue weighted by atomic mass is 10.1. The average molecular weight is 325 g/mol. The molecule has 0 saturated carbocycles. The minimum atomic E-state index is -1.09. The van der Waals surface area contributed by atoms with Crippen LogP contribution in [0.3, 0.4) is 0 Å². The molecule has 3 rings (SSSR count). The first-order valence-electron chi connectivity index (χ1n) is 7.31. The van der Waals surface area contributed by atoms with Crippen LogP contribution in [0.25, 0.3) is 5.57 Å². The van der Waals surface area contributed by atoms with Crippen LogP contribution in [0, 0.1) is 10.1 Å². The van der Waals surface area contributed by atoms with E-state index in [0.29, 0.717) is 12.1 Å². The van der Waals surface area contributed by atoms with E-state index >= 15 is 0 Å². The average Bonchev–Trinajstić information content (AvgIpc) is 3.00. The Hall–Kier alpha value is -3.19. The highest BCUT2D eigenvalue weighted by Gasteiger charge is 2.27. The molecule has 0 atom stereocenters. The fourth-order valence-corrected chi connectivity index (χ4v) is 2.65. The van der Waals surface area contributed by atoms with E-state index in [1.807, 2.05) is 30.3 Å². The highest BCUT2D eigenvalue weighted by atomic mass is 16.6. The van der Waals surface area contributed by atoms with Crippen LogP contribution in [0.1, 0.15) is 11.1 Å². The molecule has 0 aliphatic carbocycles. The SMILES string of the molecule is O=C(O)N1C=C(c2ccccc2)CN1Cc1cccc([N+](=O)[O-])c1. The zero-order chi connectivity index (χ0) is 17.1. The summed E-state index contributed by atoms with van der Waals surface area (Å²) in [5.74, 6) is 0. The Kier molecular flexibility index (Phi) is 4.26. The minimum absolute atomic E-state index is 0.00943. The second kappa shape index (κ2) is 6.51. The summed E-state index contributed by atoms with van der Waals surface area (Å²) < 4.78 is 0. The molecule has 24 heavy (non-hydrogen) atoms. The molecule has 1 aliphatic rings. The van der Waals surface area contributed by atoms with Gasteiger partial charge in [-0.15, -0.1) is 0 Å². The van der Waals surface area contributed by atoms with Crippen molar-refractivity contribution in [2.75, 3.05) is 6.54 Å². The largest absolute Gasteiger partial charge is 0.464 e. The van der Waals surface area contributed by atoms with Crippen molar-refractivity contribution in [3.8, 4) is 0 Å². The molecule has 0 spiro atoms. The van der Waals surface area contributed by atoms with Crippen molar-refractivity contribution in [2.24, 2.45) is 0 Å². The first kappa shape index (κ1) is 15.7. The summed E-state index contributed by atoms with van der Waals surface area (Å²) in [6.45, 7) is 0.680. The summed E-state index contributed by atoms with van der Waals surface area (Å²) in [5.41, 5.74) is 2.50. The molecule has 1 amide bonds. The Bertz CT molecular complexity index is 804. The lowest BCUT2D eigenvalue weighted by Gasteiger charge is -2.24. The molecule has 0 radical (unpaired) electrons. The predicted molar refractivity (Wildman–Crippen MR) is 87.8 cm³/mol. The van der Waals surface area contributed by atoms with Gasteiger partial charge in [-0.05, 0) is 16.7 Å². The number of nitro benzene ring substituents is 1. The number of non-ortho nitro benzene ring substituents is 1. The fourth-order valence-electron chi connectivity index (χ4n) is 2.65. The van der Waals surface area contributed by atoms with Crippen LogP contribution < -0.4 is 0 Å². The van der Waals surface area contributed by atoms with Gasteiger partial charge in [-0.25, -0.2) is 14.8 Å². The van der Waals surface area contributed by atoms with Crippen molar-refractivity contribution < 1.29 is 14.8 Å². The van der Waals surface area contributed by atoms with Gasteiger partial charge in [0.1, 0.15) is 0 Å². The van der Waals surface area contributed by atoms with Crippen molar-refractivity contribution in [1.82, 2.24) is 10.0 Å². The van der Waals surface area contributed by atoms with E-state index in [9.17, 15) is 20.0 Å². The number of rotatable bonds is 4. The van der Waals surface area contributed by atoms with Gasteiger partial charge in [0.05, 0.1) is 4.92 Å². The standard InChI is InChI=1S/C17H15N3O4/c21-17(22)19-12-15(14-6-2-1-3-7-14)11-18(19)10-13-5-4-8-16(9-13)20(23)24/h1-9,12H,10-11H2,(H,21,22). The summed E-state index contributed by atoms with van der Waals surface area (Å²) in [7, 11) is 0. The van der Waals surface area contributed by atoms with E-state index in [1.165, 1.54) is 12.1 Å². The van der Waals surface area contributed by atoms with Crippen molar-refractivity contribution in [2.45, 2.75) is 6.54 Å². The van der Waals surface area contributed by atoms with Gasteiger partial charge in [-0.1, -0.05) is 42.5 Å². The maximum absolute atomic E-state index is 11.5. The van der Waals surface area contributed by atoms with Crippen LogP contribution in [-0.2, 0) is 6.54 Å². The van der Waals surface area contributed by atoms with Crippen LogP contribution in [-0.4, -0.2) is 32.7 Å². The maximum atomic E-state index is 11.5. The van der Waals surface area contributed by atoms with E-state index in [-0.39, 0.29) is 12.2 Å². The molecule has 1 N–H and O–H groups in total. The van der Waals surface area contributed by atoms with Crippen molar-refractivity contribution in [3.63, 3.8) is 0 Å². The molecular formula is C17H15N3O4. The number of carboxylic acid groups (broad SMARTS) is 1. The predicted octanol–water partition coefficient (Wildman–Crippen LogP) is 3.35. The Morgan fingerprint density at radius 3 is 2.58 bits per heavy atom. The fraction of sp³-hybridized carbons (Fsp3) is 0.118. The zero-order valence-corrected chi connectivity index (χ0v) is 12.7. The Morgan fingerprint density at radius 2 is 1.92 bits per heavy atom. The summed E-state index contributed by atoms with van der Waals surface area (Å²) >= 11 is 0. The molecule has 0 aromatic heterocycles. The Labute approximate surface area is 138 Å². The Morgan fingerprint density at radius 1 is 1.17 bits per heavy atom. The van der Waals surface area contributed by atoms with Crippen LogP contribution in [0.15, 0.2) is 60.8 Å². The normalized spacial score (nSPS) is 14.5. The lowest BCUT2D eigenvalue weighted by Crippen LogP contribution is -2.38. The van der Waals surface area contributed by atoms with Crippen molar-refractivity contribution in [1.29, 1.82) is 0 Å². The van der Waals surface area contributed by atoms with E-state index < -0.39 is 11.0 Å². The molecule has 0 bridgehead atoms. The third-order valence-corrected chi connectivity index (χ3v) is 3.76. The maximum Gasteiger partial charge on any atom is 0.426 e. The van der Waals surface area contributed by atoms with Crippen LogP contribution >= 0.6 is 0 Å². The molecule has 1 heterocycles. The molecule has 0 saturated heterocycles. The highest BCUT2D eigenvalue weighted by Crippen LogP contribution is 2.26. The molecule has 7 nitrogen and oxygen atoms in total. The number of hydrogen-bond donors (Lipinski definition) is 1. The molecule has 7 heteroatoms. The number of nitrogens with zero attached hydrogens (tertiary/aromatic N) is 3. The first-order valence-corrected chi connectivity index (χ1v) is 7.31. The second-order valence-corrected chi connectivity index (χ2v) is 5.40. The number of nitro groups is 1. The molecule has 0 fully saturated rings. The van der Waals surface area contributed by atoms with Gasteiger partial charge in [0, 0.05) is 31.4 Å². The molecule has 0 unspecified atom stereocenters. The van der Waals surface area contributed by atoms with Crippen LogP contribution in [0.2, 0.25) is 0 Å². The lowest BCUT2D eigenvalue weighted by molar-refractivity contribution is -0.384. The van der Waals surface area contributed by atoms with E-state index in [2.05, 4.69) is 0 Å². The number of amides is 1. The molecule has 1 aliphatic heterocycles. The molecule has 2 aromatic rings. The van der Waals surface area contributed by atoms with Gasteiger partial charge >= 0.3 is 6.09 Å². The molecule has 2 aromatic carbocycles. The van der Waals surface area contributed by atoms with Crippen LogP contribution in [0.4, 0.5) is 10.5 Å². The summed E-state index contributed by atoms with van der Waals surface area (Å²) in [5, 5.41) is 23.0. The summed E-state index contributed by atoms with van der Waals surface area (Å²) in [6.07, 6.45) is 0.487. The second-order valence-electron chi connectivity index (χ2n) is 5.40. The van der Waals surface area contributed by atoms with E-state index in [0.717, 1.165) is 16.1 Å². The Balaban J connectivity index is 1.82. The molecule has 122 valence electrons.